The molecular weight excluding hydrogens is 383 g/mol. The summed E-state index contributed by atoms with van der Waals surface area (Å²) in [4.78, 5) is 11.1. The van der Waals surface area contributed by atoms with E-state index in [9.17, 15) is 9.18 Å². The molecular formula is C24H27FN2O3. The fraction of sp³-hybridized carbons (Fsp3) is 0.333. The van der Waals surface area contributed by atoms with Crippen LogP contribution < -0.4 is 4.74 Å². The lowest BCUT2D eigenvalue weighted by molar-refractivity contribution is -0.137. The number of halogens is 1. The Morgan fingerprint density at radius 1 is 1.27 bits per heavy atom. The number of hydrogen-bond donors (Lipinski definition) is 1. The third-order valence-electron chi connectivity index (χ3n) is 4.87. The van der Waals surface area contributed by atoms with Gasteiger partial charge in [0.1, 0.15) is 18.2 Å². The normalized spacial score (nSPS) is 12.7. The quantitative estimate of drug-likeness (QED) is 0.470. The summed E-state index contributed by atoms with van der Waals surface area (Å²) in [5.41, 5.74) is 2.25. The summed E-state index contributed by atoms with van der Waals surface area (Å²) < 4.78 is 22.2. The van der Waals surface area contributed by atoms with E-state index in [4.69, 9.17) is 9.84 Å². The van der Waals surface area contributed by atoms with E-state index in [2.05, 4.69) is 18.9 Å². The van der Waals surface area contributed by atoms with Gasteiger partial charge in [0.2, 0.25) is 0 Å². The number of rotatable bonds is 9. The molecule has 0 radical (unpaired) electrons. The Morgan fingerprint density at radius 2 is 2.00 bits per heavy atom. The van der Waals surface area contributed by atoms with Crippen molar-refractivity contribution in [1.82, 2.24) is 9.78 Å². The fourth-order valence-electron chi connectivity index (χ4n) is 3.43. The number of allylic oxidation sites excluding steroid dienone is 2. The summed E-state index contributed by atoms with van der Waals surface area (Å²) in [5.74, 6) is -0.325. The third kappa shape index (κ3) is 5.26. The minimum atomic E-state index is -0.846. The summed E-state index contributed by atoms with van der Waals surface area (Å²) in [6.07, 6.45) is 5.43. The van der Waals surface area contributed by atoms with Gasteiger partial charge in [0.05, 0.1) is 18.1 Å². The Kier molecular flexibility index (Phi) is 6.87. The topological polar surface area (TPSA) is 64.3 Å². The first-order chi connectivity index (χ1) is 14.4. The van der Waals surface area contributed by atoms with Gasteiger partial charge in [0, 0.05) is 23.4 Å². The van der Waals surface area contributed by atoms with Gasteiger partial charge in [-0.2, -0.15) is 5.10 Å². The van der Waals surface area contributed by atoms with Crippen LogP contribution in [0.1, 0.15) is 44.2 Å². The van der Waals surface area contributed by atoms with Gasteiger partial charge in [-0.3, -0.25) is 9.48 Å². The van der Waals surface area contributed by atoms with Gasteiger partial charge < -0.3 is 9.84 Å². The highest BCUT2D eigenvalue weighted by molar-refractivity contribution is 5.79. The lowest BCUT2D eigenvalue weighted by Crippen LogP contribution is -2.06. The van der Waals surface area contributed by atoms with E-state index in [0.717, 1.165) is 23.0 Å². The number of hydrogen-bond acceptors (Lipinski definition) is 3. The Morgan fingerprint density at radius 3 is 2.63 bits per heavy atom. The second kappa shape index (κ2) is 9.57. The molecule has 158 valence electrons. The minimum Gasteiger partial charge on any atom is -0.489 e. The number of carbonyl (C=O) groups is 1. The second-order valence-electron chi connectivity index (χ2n) is 7.81. The van der Waals surface area contributed by atoms with Crippen LogP contribution in [0.3, 0.4) is 0 Å². The molecule has 0 spiro atoms. The van der Waals surface area contributed by atoms with E-state index >= 15 is 0 Å². The molecule has 30 heavy (non-hydrogen) atoms. The lowest BCUT2D eigenvalue weighted by atomic mass is 9.95. The maximum Gasteiger partial charge on any atom is 0.304 e. The number of carboxylic acid groups (broad SMARTS) is 1. The van der Waals surface area contributed by atoms with Gasteiger partial charge in [-0.15, -0.1) is 0 Å². The predicted octanol–water partition coefficient (Wildman–Crippen LogP) is 5.54. The first-order valence-electron chi connectivity index (χ1n) is 10.1. The van der Waals surface area contributed by atoms with Crippen molar-refractivity contribution in [2.75, 3.05) is 0 Å². The molecule has 0 bridgehead atoms. The zero-order chi connectivity index (χ0) is 21.7. The van der Waals surface area contributed by atoms with E-state index in [1.165, 1.54) is 6.07 Å². The lowest BCUT2D eigenvalue weighted by Gasteiger charge is -2.13. The Bertz CT molecular complexity index is 1040. The van der Waals surface area contributed by atoms with Crippen LogP contribution in [0, 0.1) is 11.7 Å². The SMILES string of the molecule is CC=C[C@H](CC(=O)O)c1ccc(OCc2cc3c(cnn3CC(C)C)cc2F)cc1. The van der Waals surface area contributed by atoms with Crippen LogP contribution >= 0.6 is 0 Å². The highest BCUT2D eigenvalue weighted by Crippen LogP contribution is 2.25. The van der Waals surface area contributed by atoms with E-state index < -0.39 is 5.97 Å². The summed E-state index contributed by atoms with van der Waals surface area (Å²) in [6, 6.07) is 10.6. The van der Waals surface area contributed by atoms with Crippen molar-refractivity contribution in [3.8, 4) is 5.75 Å². The number of ether oxygens (including phenoxy) is 1. The molecule has 0 saturated heterocycles. The molecule has 0 aliphatic rings. The first kappa shape index (κ1) is 21.6. The average Bonchev–Trinajstić information content (AvgIpc) is 3.06. The maximum atomic E-state index is 14.5. The first-order valence-corrected chi connectivity index (χ1v) is 10.1. The van der Waals surface area contributed by atoms with Crippen molar-refractivity contribution in [3.63, 3.8) is 0 Å². The molecule has 1 N–H and O–H groups in total. The summed E-state index contributed by atoms with van der Waals surface area (Å²) in [5, 5.41) is 14.2. The van der Waals surface area contributed by atoms with Gasteiger partial charge in [0.25, 0.3) is 0 Å². The standard InChI is InChI=1S/C24H27FN2O3/c1-4-5-18(12-24(28)29)17-6-8-21(9-7-17)30-15-20-11-23-19(10-22(20)25)13-26-27(23)14-16(2)3/h4-11,13,16,18H,12,14-15H2,1-3H3,(H,28,29)/t18-/m1/s1. The summed E-state index contributed by atoms with van der Waals surface area (Å²) >= 11 is 0. The van der Waals surface area contributed by atoms with Crippen LogP contribution in [-0.2, 0) is 17.9 Å². The molecule has 1 heterocycles. The Labute approximate surface area is 175 Å². The smallest absolute Gasteiger partial charge is 0.304 e. The van der Waals surface area contributed by atoms with Crippen molar-refractivity contribution in [2.45, 2.75) is 46.3 Å². The van der Waals surface area contributed by atoms with Crippen molar-refractivity contribution >= 4 is 16.9 Å². The number of benzene rings is 2. The van der Waals surface area contributed by atoms with E-state index in [0.29, 0.717) is 17.2 Å². The van der Waals surface area contributed by atoms with E-state index in [1.807, 2.05) is 35.9 Å². The molecule has 0 amide bonds. The molecule has 0 saturated carbocycles. The van der Waals surface area contributed by atoms with Crippen LogP contribution in [0.5, 0.6) is 5.75 Å². The van der Waals surface area contributed by atoms with Crippen LogP contribution in [0.2, 0.25) is 0 Å². The summed E-state index contributed by atoms with van der Waals surface area (Å²) in [7, 11) is 0. The van der Waals surface area contributed by atoms with Crippen LogP contribution in [0.4, 0.5) is 4.39 Å². The highest BCUT2D eigenvalue weighted by Gasteiger charge is 2.13. The van der Waals surface area contributed by atoms with E-state index in [1.54, 1.807) is 24.4 Å². The number of carboxylic acids is 1. The van der Waals surface area contributed by atoms with Crippen LogP contribution in [0.15, 0.2) is 54.7 Å². The van der Waals surface area contributed by atoms with Gasteiger partial charge in [-0.1, -0.05) is 38.1 Å². The van der Waals surface area contributed by atoms with Crippen molar-refractivity contribution in [1.29, 1.82) is 0 Å². The molecule has 5 nitrogen and oxygen atoms in total. The number of fused-ring (bicyclic) bond motifs is 1. The number of aliphatic carboxylic acids is 1. The molecule has 3 rings (SSSR count). The number of nitrogens with zero attached hydrogens (tertiary/aromatic N) is 2. The molecule has 1 atom stereocenters. The highest BCUT2D eigenvalue weighted by atomic mass is 19.1. The molecule has 0 aliphatic carbocycles. The fourth-order valence-corrected chi connectivity index (χ4v) is 3.43. The van der Waals surface area contributed by atoms with Crippen molar-refractivity contribution in [2.24, 2.45) is 5.92 Å². The van der Waals surface area contributed by atoms with Gasteiger partial charge in [-0.25, -0.2) is 4.39 Å². The van der Waals surface area contributed by atoms with Crippen LogP contribution in [-0.4, -0.2) is 20.9 Å². The number of aromatic nitrogens is 2. The zero-order valence-electron chi connectivity index (χ0n) is 17.5. The molecule has 6 heteroatoms. The van der Waals surface area contributed by atoms with Crippen LogP contribution in [0.25, 0.3) is 10.9 Å². The Hall–Kier alpha value is -3.15. The third-order valence-corrected chi connectivity index (χ3v) is 4.87. The summed E-state index contributed by atoms with van der Waals surface area (Å²) in [6.45, 7) is 6.96. The van der Waals surface area contributed by atoms with Crippen molar-refractivity contribution < 1.29 is 19.0 Å². The molecule has 2 aromatic carbocycles. The molecule has 0 aliphatic heterocycles. The van der Waals surface area contributed by atoms with Gasteiger partial charge in [-0.05, 0) is 42.7 Å². The maximum absolute atomic E-state index is 14.5. The molecule has 1 aromatic heterocycles. The van der Waals surface area contributed by atoms with Gasteiger partial charge >= 0.3 is 5.97 Å². The van der Waals surface area contributed by atoms with Crippen molar-refractivity contribution in [3.05, 3.63) is 71.7 Å². The van der Waals surface area contributed by atoms with E-state index in [-0.39, 0.29) is 24.8 Å². The molecule has 0 fully saturated rings. The second-order valence-corrected chi connectivity index (χ2v) is 7.81. The molecule has 0 unspecified atom stereocenters. The Balaban J connectivity index is 1.74. The zero-order valence-corrected chi connectivity index (χ0v) is 17.5. The minimum absolute atomic E-state index is 0.0276. The average molecular weight is 410 g/mol. The largest absolute Gasteiger partial charge is 0.489 e. The van der Waals surface area contributed by atoms with Gasteiger partial charge in [0.15, 0.2) is 0 Å². The monoisotopic (exact) mass is 410 g/mol. The molecule has 3 aromatic rings. The predicted molar refractivity (Wildman–Crippen MR) is 115 cm³/mol.